The fourth-order valence-corrected chi connectivity index (χ4v) is 3.69. The van der Waals surface area contributed by atoms with Gasteiger partial charge in [0.15, 0.2) is 0 Å². The molecular weight excluding hydrogens is 400 g/mol. The number of carbonyl (C=O) groups is 2. The average Bonchev–Trinajstić information content (AvgIpc) is 3.04. The topological polar surface area (TPSA) is 117 Å². The maximum Gasteiger partial charge on any atom is 0.295 e. The summed E-state index contributed by atoms with van der Waals surface area (Å²) in [6, 6.07) is 7.93. The van der Waals surface area contributed by atoms with E-state index in [1.807, 2.05) is 13.8 Å². The van der Waals surface area contributed by atoms with E-state index in [-0.39, 0.29) is 23.6 Å². The summed E-state index contributed by atoms with van der Waals surface area (Å²) in [5, 5.41) is 21.9. The molecule has 1 aliphatic heterocycles. The number of carbonyl (C=O) groups excluding carboxylic acids is 2. The molecule has 1 amide bonds. The Kier molecular flexibility index (Phi) is 6.76. The normalized spacial score (nSPS) is 18.0. The monoisotopic (exact) mass is 424 g/mol. The van der Waals surface area contributed by atoms with Crippen LogP contribution in [0.3, 0.4) is 0 Å². The van der Waals surface area contributed by atoms with Crippen molar-refractivity contribution in [3.8, 4) is 0 Å². The smallest absolute Gasteiger partial charge is 0.295 e. The van der Waals surface area contributed by atoms with Crippen molar-refractivity contribution in [3.63, 3.8) is 0 Å². The number of hydrogen-bond acceptors (Lipinski definition) is 7. The van der Waals surface area contributed by atoms with Gasteiger partial charge in [-0.3, -0.25) is 24.7 Å². The number of nitrogens with zero attached hydrogens (tertiary/aromatic N) is 4. The molecular formula is C22H24N4O5. The molecule has 0 spiro atoms. The number of Topliss-reactive ketones (excluding diaryl/α,β-unsaturated/α-hetero) is 1. The summed E-state index contributed by atoms with van der Waals surface area (Å²) in [5.74, 6) is -1.78. The van der Waals surface area contributed by atoms with Crippen LogP contribution in [0.2, 0.25) is 0 Å². The maximum atomic E-state index is 12.9. The van der Waals surface area contributed by atoms with Gasteiger partial charge in [-0.15, -0.1) is 0 Å². The number of aliphatic hydroxyl groups is 1. The molecule has 9 nitrogen and oxygen atoms in total. The van der Waals surface area contributed by atoms with Crippen LogP contribution in [-0.4, -0.2) is 62.7 Å². The number of pyridine rings is 1. The molecule has 0 bridgehead atoms. The number of aliphatic hydroxyl groups excluding tert-OH is 1. The molecule has 1 fully saturated rings. The van der Waals surface area contributed by atoms with Crippen molar-refractivity contribution in [2.75, 3.05) is 26.2 Å². The van der Waals surface area contributed by atoms with Gasteiger partial charge >= 0.3 is 0 Å². The Bertz CT molecular complexity index is 1000. The predicted molar refractivity (Wildman–Crippen MR) is 114 cm³/mol. The van der Waals surface area contributed by atoms with E-state index >= 15 is 0 Å². The number of likely N-dealkylation sites (tertiary alicyclic amines) is 1. The fourth-order valence-electron chi connectivity index (χ4n) is 3.69. The third kappa shape index (κ3) is 4.46. The molecule has 9 heteroatoms. The molecule has 0 aliphatic carbocycles. The molecule has 3 rings (SSSR count). The molecule has 0 saturated carbocycles. The number of amides is 1. The van der Waals surface area contributed by atoms with Crippen molar-refractivity contribution >= 4 is 23.1 Å². The minimum atomic E-state index is -0.843. The van der Waals surface area contributed by atoms with Gasteiger partial charge in [-0.2, -0.15) is 0 Å². The summed E-state index contributed by atoms with van der Waals surface area (Å²) in [4.78, 5) is 43.8. The van der Waals surface area contributed by atoms with E-state index in [2.05, 4.69) is 9.88 Å². The highest BCUT2D eigenvalue weighted by atomic mass is 16.6. The summed E-state index contributed by atoms with van der Waals surface area (Å²) >= 11 is 0. The summed E-state index contributed by atoms with van der Waals surface area (Å²) in [6.45, 7) is 6.43. The lowest BCUT2D eigenvalue weighted by atomic mass is 9.95. The first kappa shape index (κ1) is 22.1. The summed E-state index contributed by atoms with van der Waals surface area (Å²) < 4.78 is 0. The Balaban J connectivity index is 2.09. The molecule has 1 N–H and O–H groups in total. The second-order valence-electron chi connectivity index (χ2n) is 7.10. The van der Waals surface area contributed by atoms with E-state index in [9.17, 15) is 24.8 Å². The molecule has 1 saturated heterocycles. The summed E-state index contributed by atoms with van der Waals surface area (Å²) in [5.41, 5.74) is 0.742. The number of aromatic nitrogens is 1. The molecule has 0 radical (unpaired) electrons. The average molecular weight is 424 g/mol. The van der Waals surface area contributed by atoms with E-state index < -0.39 is 22.7 Å². The zero-order valence-corrected chi connectivity index (χ0v) is 17.4. The molecule has 1 atom stereocenters. The Morgan fingerprint density at radius 2 is 1.74 bits per heavy atom. The second kappa shape index (κ2) is 9.48. The first-order valence-electron chi connectivity index (χ1n) is 10.0. The van der Waals surface area contributed by atoms with Gasteiger partial charge in [0.05, 0.1) is 16.5 Å². The fraction of sp³-hybridized carbons (Fsp3) is 0.318. The Hall–Kier alpha value is -3.59. The van der Waals surface area contributed by atoms with Crippen LogP contribution >= 0.6 is 0 Å². The molecule has 162 valence electrons. The number of likely N-dealkylation sites (N-methyl/N-ethyl adjacent to an activating group) is 1. The Labute approximate surface area is 179 Å². The molecule has 2 heterocycles. The van der Waals surface area contributed by atoms with Crippen LogP contribution in [0.25, 0.3) is 5.76 Å². The van der Waals surface area contributed by atoms with E-state index in [0.717, 1.165) is 13.1 Å². The highest BCUT2D eigenvalue weighted by Crippen LogP contribution is 2.39. The van der Waals surface area contributed by atoms with E-state index in [1.165, 1.54) is 41.6 Å². The first-order chi connectivity index (χ1) is 14.9. The predicted octanol–water partition coefficient (Wildman–Crippen LogP) is 2.75. The summed E-state index contributed by atoms with van der Waals surface area (Å²) in [6.07, 6.45) is 2.96. The van der Waals surface area contributed by atoms with Crippen LogP contribution in [0.4, 0.5) is 5.69 Å². The SMILES string of the molecule is CCN(CC)CCN1C(=O)C(=O)/C(=C(/O)c2ccncc2)[C@H]1c1ccc([N+](=O)[O-])cc1. The molecule has 2 aromatic rings. The van der Waals surface area contributed by atoms with E-state index in [0.29, 0.717) is 17.7 Å². The van der Waals surface area contributed by atoms with Gasteiger partial charge in [0.1, 0.15) is 5.76 Å². The van der Waals surface area contributed by atoms with Gasteiger partial charge in [-0.05, 0) is 42.9 Å². The molecule has 1 aromatic heterocycles. The minimum absolute atomic E-state index is 0.0374. The van der Waals surface area contributed by atoms with Crippen molar-refractivity contribution in [3.05, 3.63) is 75.6 Å². The number of rotatable bonds is 8. The highest BCUT2D eigenvalue weighted by molar-refractivity contribution is 6.46. The minimum Gasteiger partial charge on any atom is -0.507 e. The number of hydrogen-bond donors (Lipinski definition) is 1. The van der Waals surface area contributed by atoms with Crippen LogP contribution in [0, 0.1) is 10.1 Å². The number of nitro benzene ring substituents is 1. The van der Waals surface area contributed by atoms with Crippen LogP contribution in [0.1, 0.15) is 31.0 Å². The van der Waals surface area contributed by atoms with Gasteiger partial charge in [-0.1, -0.05) is 13.8 Å². The third-order valence-corrected chi connectivity index (χ3v) is 5.46. The number of nitro groups is 1. The zero-order chi connectivity index (χ0) is 22.5. The van der Waals surface area contributed by atoms with Crippen molar-refractivity contribution in [2.24, 2.45) is 0 Å². The van der Waals surface area contributed by atoms with Gasteiger partial charge in [0.25, 0.3) is 17.4 Å². The number of ketones is 1. The van der Waals surface area contributed by atoms with Crippen molar-refractivity contribution in [2.45, 2.75) is 19.9 Å². The zero-order valence-electron chi connectivity index (χ0n) is 17.4. The molecule has 31 heavy (non-hydrogen) atoms. The summed E-state index contributed by atoms with van der Waals surface area (Å²) in [7, 11) is 0. The lowest BCUT2D eigenvalue weighted by Gasteiger charge is -2.28. The largest absolute Gasteiger partial charge is 0.507 e. The third-order valence-electron chi connectivity index (χ3n) is 5.46. The molecule has 1 aromatic carbocycles. The van der Waals surface area contributed by atoms with Crippen LogP contribution in [-0.2, 0) is 9.59 Å². The maximum absolute atomic E-state index is 12.9. The quantitative estimate of drug-likeness (QED) is 0.228. The van der Waals surface area contributed by atoms with E-state index in [4.69, 9.17) is 0 Å². The van der Waals surface area contributed by atoms with Gasteiger partial charge < -0.3 is 14.9 Å². The highest BCUT2D eigenvalue weighted by Gasteiger charge is 2.46. The van der Waals surface area contributed by atoms with Crippen LogP contribution in [0.15, 0.2) is 54.4 Å². The van der Waals surface area contributed by atoms with E-state index in [1.54, 1.807) is 12.1 Å². The Morgan fingerprint density at radius 3 is 2.29 bits per heavy atom. The van der Waals surface area contributed by atoms with Crippen molar-refractivity contribution < 1.29 is 19.6 Å². The first-order valence-corrected chi connectivity index (χ1v) is 10.0. The van der Waals surface area contributed by atoms with Gasteiger partial charge in [-0.25, -0.2) is 0 Å². The van der Waals surface area contributed by atoms with Gasteiger partial charge in [0, 0.05) is 43.2 Å². The lowest BCUT2D eigenvalue weighted by molar-refractivity contribution is -0.384. The second-order valence-corrected chi connectivity index (χ2v) is 7.10. The van der Waals surface area contributed by atoms with Gasteiger partial charge in [0.2, 0.25) is 0 Å². The Morgan fingerprint density at radius 1 is 1.13 bits per heavy atom. The number of benzene rings is 1. The van der Waals surface area contributed by atoms with Crippen LogP contribution in [0.5, 0.6) is 0 Å². The molecule has 0 unspecified atom stereocenters. The van der Waals surface area contributed by atoms with Crippen molar-refractivity contribution in [1.29, 1.82) is 0 Å². The lowest BCUT2D eigenvalue weighted by Crippen LogP contribution is -2.38. The van der Waals surface area contributed by atoms with Crippen LogP contribution < -0.4 is 0 Å². The molecule has 1 aliphatic rings. The number of non-ortho nitro benzene ring substituents is 1. The standard InChI is InChI=1S/C22H24N4O5/c1-3-24(4-2)13-14-25-19(15-5-7-17(8-6-15)26(30)31)18(21(28)22(25)29)20(27)16-9-11-23-12-10-16/h5-12,19,27H,3-4,13-14H2,1-2H3/b20-18+/t19-/m1/s1. The van der Waals surface area contributed by atoms with Crippen molar-refractivity contribution in [1.82, 2.24) is 14.8 Å².